The maximum absolute atomic E-state index is 10.7. The van der Waals surface area contributed by atoms with Gasteiger partial charge in [-0.2, -0.15) is 4.98 Å². The highest BCUT2D eigenvalue weighted by atomic mass is 32.1. The molecule has 0 amide bonds. The fraction of sp³-hybridized carbons (Fsp3) is 0.545. The molecule has 5 N–H and O–H groups in total. The molecule has 0 saturated heterocycles. The van der Waals surface area contributed by atoms with Gasteiger partial charge in [-0.05, 0) is 39.2 Å². The fourth-order valence-corrected chi connectivity index (χ4v) is 6.07. The molecule has 3 aliphatic carbocycles. The van der Waals surface area contributed by atoms with Crippen LogP contribution in [0.4, 0.5) is 11.8 Å². The SMILES string of the molecule is CCNc1nc(C)c(-c2nc3c(C4CC4)nccc3s2)c(NC2CC3C(O)C3(O)C2O)n1. The van der Waals surface area contributed by atoms with Crippen molar-refractivity contribution in [3.05, 3.63) is 23.7 Å². The molecule has 168 valence electrons. The van der Waals surface area contributed by atoms with Crippen LogP contribution in [-0.2, 0) is 0 Å². The van der Waals surface area contributed by atoms with Crippen LogP contribution in [0.15, 0.2) is 12.3 Å². The zero-order valence-electron chi connectivity index (χ0n) is 17.9. The molecule has 3 aromatic rings. The molecule has 9 nitrogen and oxygen atoms in total. The molecule has 0 spiro atoms. The highest BCUT2D eigenvalue weighted by molar-refractivity contribution is 7.21. The molecular weight excluding hydrogens is 428 g/mol. The average Bonchev–Trinajstić information content (AvgIpc) is 3.61. The summed E-state index contributed by atoms with van der Waals surface area (Å²) in [6.07, 6.45) is 2.68. The van der Waals surface area contributed by atoms with Crippen LogP contribution >= 0.6 is 11.3 Å². The lowest BCUT2D eigenvalue weighted by molar-refractivity contribution is -0.0262. The molecular formula is C22H26N6O3S. The van der Waals surface area contributed by atoms with Crippen LogP contribution in [0.25, 0.3) is 20.8 Å². The number of aromatic nitrogens is 4. The lowest BCUT2D eigenvalue weighted by Crippen LogP contribution is -2.42. The van der Waals surface area contributed by atoms with Crippen molar-refractivity contribution >= 4 is 33.3 Å². The summed E-state index contributed by atoms with van der Waals surface area (Å²) >= 11 is 1.58. The number of thiazole rings is 1. The van der Waals surface area contributed by atoms with E-state index in [1.807, 2.05) is 26.1 Å². The molecule has 0 bridgehead atoms. The Bertz CT molecular complexity index is 1210. The van der Waals surface area contributed by atoms with Crippen LogP contribution in [0.5, 0.6) is 0 Å². The Labute approximate surface area is 189 Å². The molecule has 6 rings (SSSR count). The van der Waals surface area contributed by atoms with Gasteiger partial charge in [-0.3, -0.25) is 4.98 Å². The Hall–Kier alpha value is -2.40. The van der Waals surface area contributed by atoms with Crippen molar-refractivity contribution in [2.24, 2.45) is 5.92 Å². The minimum absolute atomic E-state index is 0.316. The van der Waals surface area contributed by atoms with Crippen LogP contribution in [-0.4, -0.2) is 65.7 Å². The van der Waals surface area contributed by atoms with Crippen LogP contribution in [0.2, 0.25) is 0 Å². The third kappa shape index (κ3) is 2.93. The van der Waals surface area contributed by atoms with E-state index in [2.05, 4.69) is 25.6 Å². The third-order valence-corrected chi connectivity index (χ3v) is 8.00. The van der Waals surface area contributed by atoms with Gasteiger partial charge in [-0.1, -0.05) is 0 Å². The van der Waals surface area contributed by atoms with Gasteiger partial charge >= 0.3 is 0 Å². The van der Waals surface area contributed by atoms with Gasteiger partial charge in [0.05, 0.1) is 33.8 Å². The monoisotopic (exact) mass is 454 g/mol. The molecule has 32 heavy (non-hydrogen) atoms. The maximum atomic E-state index is 10.7. The van der Waals surface area contributed by atoms with E-state index >= 15 is 0 Å². The van der Waals surface area contributed by atoms with Gasteiger partial charge in [0.2, 0.25) is 5.95 Å². The summed E-state index contributed by atoms with van der Waals surface area (Å²) in [6.45, 7) is 4.58. The molecule has 3 aliphatic rings. The zero-order chi connectivity index (χ0) is 22.2. The number of hydrogen-bond donors (Lipinski definition) is 5. The normalized spacial score (nSPS) is 31.0. The molecule has 5 unspecified atom stereocenters. The second-order valence-corrected chi connectivity index (χ2v) is 10.1. The van der Waals surface area contributed by atoms with Crippen LogP contribution in [0.1, 0.15) is 43.5 Å². The minimum Gasteiger partial charge on any atom is -0.390 e. The summed E-state index contributed by atoms with van der Waals surface area (Å²) in [4.78, 5) is 18.8. The van der Waals surface area contributed by atoms with Gasteiger partial charge in [0, 0.05) is 24.6 Å². The Morgan fingerprint density at radius 3 is 2.69 bits per heavy atom. The van der Waals surface area contributed by atoms with E-state index < -0.39 is 23.9 Å². The number of anilines is 2. The molecule has 10 heteroatoms. The summed E-state index contributed by atoms with van der Waals surface area (Å²) in [7, 11) is 0. The Morgan fingerprint density at radius 1 is 1.19 bits per heavy atom. The Kier molecular flexibility index (Phi) is 4.45. The second-order valence-electron chi connectivity index (χ2n) is 9.09. The topological polar surface area (TPSA) is 136 Å². The van der Waals surface area contributed by atoms with E-state index in [-0.39, 0.29) is 5.92 Å². The van der Waals surface area contributed by atoms with E-state index in [1.165, 1.54) is 0 Å². The van der Waals surface area contributed by atoms with Gasteiger partial charge < -0.3 is 26.0 Å². The second kappa shape index (κ2) is 7.05. The summed E-state index contributed by atoms with van der Waals surface area (Å²) < 4.78 is 1.08. The smallest absolute Gasteiger partial charge is 0.224 e. The van der Waals surface area contributed by atoms with E-state index in [4.69, 9.17) is 4.98 Å². The maximum Gasteiger partial charge on any atom is 0.224 e. The first-order valence-electron chi connectivity index (χ1n) is 11.1. The van der Waals surface area contributed by atoms with Crippen molar-refractivity contribution in [1.29, 1.82) is 0 Å². The van der Waals surface area contributed by atoms with Gasteiger partial charge in [0.1, 0.15) is 28.0 Å². The Balaban J connectivity index is 1.42. The number of aliphatic hydroxyl groups excluding tert-OH is 2. The van der Waals surface area contributed by atoms with E-state index in [9.17, 15) is 15.3 Å². The standard InChI is InChI=1S/C22H26N6O3S/c1-3-23-21-25-9(2)14(19(28-21)26-12-8-11-17(29)22(11,31)18(12)30)20-27-16-13(32-20)6-7-24-15(16)10-4-5-10/h6-7,10-12,17-18,29-31H,3-5,8H2,1-2H3,(H2,23,25,26,28). The zero-order valence-corrected chi connectivity index (χ0v) is 18.7. The van der Waals surface area contributed by atoms with E-state index in [0.717, 1.165) is 45.0 Å². The average molecular weight is 455 g/mol. The quantitative estimate of drug-likeness (QED) is 0.379. The summed E-state index contributed by atoms with van der Waals surface area (Å²) in [5, 5.41) is 38.4. The molecule has 5 atom stereocenters. The van der Waals surface area contributed by atoms with Crippen molar-refractivity contribution < 1.29 is 15.3 Å². The highest BCUT2D eigenvalue weighted by Crippen LogP contribution is 2.56. The van der Waals surface area contributed by atoms with Gasteiger partial charge in [-0.25, -0.2) is 9.97 Å². The largest absolute Gasteiger partial charge is 0.390 e. The fourth-order valence-electron chi connectivity index (χ4n) is 5.00. The summed E-state index contributed by atoms with van der Waals surface area (Å²) in [5.74, 6) is 1.24. The number of rotatable bonds is 6. The minimum atomic E-state index is -1.43. The number of hydrogen-bond acceptors (Lipinski definition) is 10. The number of nitrogens with one attached hydrogen (secondary N) is 2. The molecule has 3 heterocycles. The van der Waals surface area contributed by atoms with Gasteiger partial charge in [0.25, 0.3) is 0 Å². The van der Waals surface area contributed by atoms with Gasteiger partial charge in [0.15, 0.2) is 0 Å². The van der Waals surface area contributed by atoms with E-state index in [1.54, 1.807) is 11.3 Å². The lowest BCUT2D eigenvalue weighted by atomic mass is 10.1. The van der Waals surface area contributed by atoms with E-state index in [0.29, 0.717) is 30.6 Å². The van der Waals surface area contributed by atoms with Crippen LogP contribution < -0.4 is 10.6 Å². The first-order valence-corrected chi connectivity index (χ1v) is 12.0. The van der Waals surface area contributed by atoms with Crippen molar-refractivity contribution in [2.45, 2.75) is 62.9 Å². The number of fused-ring (bicyclic) bond motifs is 2. The molecule has 3 fully saturated rings. The van der Waals surface area contributed by atoms with Crippen LogP contribution in [0, 0.1) is 12.8 Å². The highest BCUT2D eigenvalue weighted by Gasteiger charge is 2.74. The van der Waals surface area contributed by atoms with Gasteiger partial charge in [-0.15, -0.1) is 11.3 Å². The summed E-state index contributed by atoms with van der Waals surface area (Å²) in [5.41, 5.74) is 2.13. The molecule has 0 aromatic carbocycles. The molecule has 0 radical (unpaired) electrons. The lowest BCUT2D eigenvalue weighted by Gasteiger charge is -2.25. The number of aryl methyl sites for hydroxylation is 1. The first-order chi connectivity index (χ1) is 15.4. The van der Waals surface area contributed by atoms with Crippen molar-refractivity contribution in [2.75, 3.05) is 17.2 Å². The molecule has 3 saturated carbocycles. The number of aliphatic hydroxyl groups is 3. The number of pyridine rings is 1. The molecule has 3 aromatic heterocycles. The van der Waals surface area contributed by atoms with Crippen molar-refractivity contribution in [1.82, 2.24) is 19.9 Å². The first kappa shape index (κ1) is 20.2. The predicted molar refractivity (Wildman–Crippen MR) is 122 cm³/mol. The van der Waals surface area contributed by atoms with Crippen LogP contribution in [0.3, 0.4) is 0 Å². The Morgan fingerprint density at radius 2 is 2.00 bits per heavy atom. The van der Waals surface area contributed by atoms with Crippen molar-refractivity contribution in [3.63, 3.8) is 0 Å². The summed E-state index contributed by atoms with van der Waals surface area (Å²) in [6, 6.07) is 1.57. The third-order valence-electron chi connectivity index (χ3n) is 6.96. The predicted octanol–water partition coefficient (Wildman–Crippen LogP) is 2.03. The number of nitrogens with zero attached hydrogens (tertiary/aromatic N) is 4. The molecule has 0 aliphatic heterocycles. The van der Waals surface area contributed by atoms with Crippen molar-refractivity contribution in [3.8, 4) is 10.6 Å².